The van der Waals surface area contributed by atoms with E-state index in [0.29, 0.717) is 17.5 Å². The summed E-state index contributed by atoms with van der Waals surface area (Å²) >= 11 is 0. The molecule has 0 radical (unpaired) electrons. The minimum Gasteiger partial charge on any atom is -0.298 e. The lowest BCUT2D eigenvalue weighted by atomic mass is 9.98. The van der Waals surface area contributed by atoms with Crippen LogP contribution in [0.25, 0.3) is 0 Å². The molecule has 14 heavy (non-hydrogen) atoms. The molecule has 0 saturated carbocycles. The SMILES string of the molecule is CCCC(=O)c1cccc(C)c1C=O. The Kier molecular flexibility index (Phi) is 3.57. The highest BCUT2D eigenvalue weighted by atomic mass is 16.1. The Morgan fingerprint density at radius 1 is 1.43 bits per heavy atom. The monoisotopic (exact) mass is 190 g/mol. The predicted molar refractivity (Wildman–Crippen MR) is 55.8 cm³/mol. The van der Waals surface area contributed by atoms with Crippen molar-refractivity contribution >= 4 is 12.1 Å². The molecule has 0 heterocycles. The Labute approximate surface area is 83.9 Å². The van der Waals surface area contributed by atoms with Gasteiger partial charge in [0.25, 0.3) is 0 Å². The van der Waals surface area contributed by atoms with Gasteiger partial charge in [-0.05, 0) is 18.9 Å². The van der Waals surface area contributed by atoms with Crippen LogP contribution in [0.1, 0.15) is 46.0 Å². The average Bonchev–Trinajstić information content (AvgIpc) is 2.17. The van der Waals surface area contributed by atoms with Crippen molar-refractivity contribution in [2.45, 2.75) is 26.7 Å². The summed E-state index contributed by atoms with van der Waals surface area (Å²) in [7, 11) is 0. The number of benzene rings is 1. The first-order valence-electron chi connectivity index (χ1n) is 4.78. The Morgan fingerprint density at radius 3 is 2.71 bits per heavy atom. The summed E-state index contributed by atoms with van der Waals surface area (Å²) < 4.78 is 0. The van der Waals surface area contributed by atoms with Crippen LogP contribution >= 0.6 is 0 Å². The van der Waals surface area contributed by atoms with E-state index in [4.69, 9.17) is 0 Å². The van der Waals surface area contributed by atoms with Crippen LogP contribution in [0.3, 0.4) is 0 Å². The van der Waals surface area contributed by atoms with Gasteiger partial charge in [0.15, 0.2) is 12.1 Å². The third kappa shape index (κ3) is 2.08. The fourth-order valence-electron chi connectivity index (χ4n) is 1.44. The van der Waals surface area contributed by atoms with Crippen LogP contribution in [0.15, 0.2) is 18.2 Å². The number of hydrogen-bond acceptors (Lipinski definition) is 2. The van der Waals surface area contributed by atoms with Crippen LogP contribution in [-0.2, 0) is 0 Å². The first kappa shape index (κ1) is 10.6. The largest absolute Gasteiger partial charge is 0.298 e. The molecule has 0 spiro atoms. The molecule has 2 heteroatoms. The standard InChI is InChI=1S/C12H14O2/c1-3-5-12(14)10-7-4-6-9(2)11(10)8-13/h4,6-8H,3,5H2,1-2H3. The van der Waals surface area contributed by atoms with Gasteiger partial charge in [0.2, 0.25) is 0 Å². The van der Waals surface area contributed by atoms with E-state index in [-0.39, 0.29) is 5.78 Å². The molecule has 0 amide bonds. The Bertz CT molecular complexity index is 353. The summed E-state index contributed by atoms with van der Waals surface area (Å²) in [5.74, 6) is 0.0540. The Balaban J connectivity index is 3.13. The first-order valence-corrected chi connectivity index (χ1v) is 4.78. The highest BCUT2D eigenvalue weighted by Crippen LogP contribution is 2.14. The Hall–Kier alpha value is -1.44. The van der Waals surface area contributed by atoms with Crippen molar-refractivity contribution in [2.24, 2.45) is 0 Å². The van der Waals surface area contributed by atoms with Crippen LogP contribution in [0.2, 0.25) is 0 Å². The molecule has 0 atom stereocenters. The lowest BCUT2D eigenvalue weighted by Crippen LogP contribution is -2.04. The molecule has 0 aliphatic rings. The van der Waals surface area contributed by atoms with Gasteiger partial charge in [-0.15, -0.1) is 0 Å². The van der Waals surface area contributed by atoms with Gasteiger partial charge < -0.3 is 0 Å². The summed E-state index contributed by atoms with van der Waals surface area (Å²) in [6, 6.07) is 5.37. The van der Waals surface area contributed by atoms with E-state index >= 15 is 0 Å². The lowest BCUT2D eigenvalue weighted by molar-refractivity contribution is 0.0975. The zero-order valence-corrected chi connectivity index (χ0v) is 8.54. The number of Topliss-reactive ketones (excluding diaryl/α,β-unsaturated/α-hetero) is 1. The molecule has 1 aromatic carbocycles. The topological polar surface area (TPSA) is 34.1 Å². The predicted octanol–water partition coefficient (Wildman–Crippen LogP) is 2.79. The van der Waals surface area contributed by atoms with E-state index in [1.807, 2.05) is 26.0 Å². The lowest BCUT2D eigenvalue weighted by Gasteiger charge is -2.05. The summed E-state index contributed by atoms with van der Waals surface area (Å²) in [4.78, 5) is 22.4. The van der Waals surface area contributed by atoms with Gasteiger partial charge in [-0.2, -0.15) is 0 Å². The molecule has 0 aliphatic heterocycles. The summed E-state index contributed by atoms with van der Waals surface area (Å²) in [6.45, 7) is 3.79. The van der Waals surface area contributed by atoms with Crippen molar-refractivity contribution in [1.82, 2.24) is 0 Å². The fraction of sp³-hybridized carbons (Fsp3) is 0.333. The summed E-state index contributed by atoms with van der Waals surface area (Å²) in [5.41, 5.74) is 1.95. The zero-order valence-electron chi connectivity index (χ0n) is 8.54. The molecule has 74 valence electrons. The maximum absolute atomic E-state index is 11.6. The van der Waals surface area contributed by atoms with Crippen molar-refractivity contribution < 1.29 is 9.59 Å². The molecule has 0 aliphatic carbocycles. The number of rotatable bonds is 4. The van der Waals surface area contributed by atoms with Crippen LogP contribution in [0.4, 0.5) is 0 Å². The van der Waals surface area contributed by atoms with Crippen LogP contribution in [0.5, 0.6) is 0 Å². The molecule has 1 rings (SSSR count). The fourth-order valence-corrected chi connectivity index (χ4v) is 1.44. The number of aryl methyl sites for hydroxylation is 1. The molecule has 0 aromatic heterocycles. The van der Waals surface area contributed by atoms with Crippen molar-refractivity contribution in [3.8, 4) is 0 Å². The number of hydrogen-bond donors (Lipinski definition) is 0. The third-order valence-corrected chi connectivity index (χ3v) is 2.22. The number of carbonyl (C=O) groups excluding carboxylic acids is 2. The van der Waals surface area contributed by atoms with Gasteiger partial charge in [0.1, 0.15) is 0 Å². The van der Waals surface area contributed by atoms with Crippen molar-refractivity contribution in [3.63, 3.8) is 0 Å². The molecular formula is C12H14O2. The maximum Gasteiger partial charge on any atom is 0.163 e. The van der Waals surface area contributed by atoms with E-state index in [1.54, 1.807) is 6.07 Å². The van der Waals surface area contributed by atoms with Crippen LogP contribution in [0, 0.1) is 6.92 Å². The zero-order chi connectivity index (χ0) is 10.6. The summed E-state index contributed by atoms with van der Waals surface area (Å²) in [6.07, 6.45) is 2.08. The normalized spacial score (nSPS) is 9.86. The van der Waals surface area contributed by atoms with Crippen LogP contribution in [-0.4, -0.2) is 12.1 Å². The van der Waals surface area contributed by atoms with E-state index in [1.165, 1.54) is 0 Å². The minimum atomic E-state index is 0.0540. The third-order valence-electron chi connectivity index (χ3n) is 2.22. The van der Waals surface area contributed by atoms with E-state index < -0.39 is 0 Å². The highest BCUT2D eigenvalue weighted by molar-refractivity contribution is 6.03. The van der Waals surface area contributed by atoms with Crippen molar-refractivity contribution in [3.05, 3.63) is 34.9 Å². The maximum atomic E-state index is 11.6. The van der Waals surface area contributed by atoms with Gasteiger partial charge in [-0.25, -0.2) is 0 Å². The quantitative estimate of drug-likeness (QED) is 0.540. The van der Waals surface area contributed by atoms with E-state index in [0.717, 1.165) is 18.3 Å². The van der Waals surface area contributed by atoms with Gasteiger partial charge >= 0.3 is 0 Å². The van der Waals surface area contributed by atoms with Gasteiger partial charge in [-0.1, -0.05) is 25.1 Å². The van der Waals surface area contributed by atoms with Gasteiger partial charge in [0, 0.05) is 17.5 Å². The second-order valence-electron chi connectivity index (χ2n) is 3.33. The summed E-state index contributed by atoms with van der Waals surface area (Å²) in [5, 5.41) is 0. The van der Waals surface area contributed by atoms with Crippen LogP contribution < -0.4 is 0 Å². The first-order chi connectivity index (χ1) is 6.70. The molecule has 0 saturated heterocycles. The second-order valence-corrected chi connectivity index (χ2v) is 3.33. The van der Waals surface area contributed by atoms with Gasteiger partial charge in [0.05, 0.1) is 0 Å². The number of aldehydes is 1. The van der Waals surface area contributed by atoms with Gasteiger partial charge in [-0.3, -0.25) is 9.59 Å². The van der Waals surface area contributed by atoms with Crippen molar-refractivity contribution in [1.29, 1.82) is 0 Å². The highest BCUT2D eigenvalue weighted by Gasteiger charge is 2.11. The van der Waals surface area contributed by atoms with E-state index in [9.17, 15) is 9.59 Å². The molecule has 0 unspecified atom stereocenters. The molecule has 0 bridgehead atoms. The second kappa shape index (κ2) is 4.70. The molecule has 0 fully saturated rings. The smallest absolute Gasteiger partial charge is 0.163 e. The molecule has 0 N–H and O–H groups in total. The average molecular weight is 190 g/mol. The molecular weight excluding hydrogens is 176 g/mol. The molecule has 1 aromatic rings. The van der Waals surface area contributed by atoms with E-state index in [2.05, 4.69) is 0 Å². The molecule has 2 nitrogen and oxygen atoms in total. The number of carbonyl (C=O) groups is 2. The minimum absolute atomic E-state index is 0.0540. The Morgan fingerprint density at radius 2 is 2.14 bits per heavy atom. The number of ketones is 1. The van der Waals surface area contributed by atoms with Crippen molar-refractivity contribution in [2.75, 3.05) is 0 Å².